The lowest BCUT2D eigenvalue weighted by Gasteiger charge is -2.31. The van der Waals surface area contributed by atoms with E-state index in [1.54, 1.807) is 0 Å². The maximum atomic E-state index is 2.68. The molecule has 1 aliphatic carbocycles. The summed E-state index contributed by atoms with van der Waals surface area (Å²) in [6.07, 6.45) is 7.23. The van der Waals surface area contributed by atoms with Gasteiger partial charge in [0.1, 0.15) is 0 Å². The molecule has 196 valence electrons. The minimum atomic E-state index is 0.0607. The van der Waals surface area contributed by atoms with Gasteiger partial charge in [-0.15, -0.1) is 0 Å². The Morgan fingerprint density at radius 3 is 1.05 bits per heavy atom. The van der Waals surface area contributed by atoms with Gasteiger partial charge in [-0.2, -0.15) is 0 Å². The predicted molar refractivity (Wildman–Crippen MR) is 169 cm³/mol. The summed E-state index contributed by atoms with van der Waals surface area (Å²) in [7, 11) is 0. The van der Waals surface area contributed by atoms with E-state index < -0.39 is 0 Å². The number of hydrogen-bond donors (Lipinski definition) is 0. The Balaban J connectivity index is 1.41. The molecule has 1 aliphatic rings. The number of rotatable bonds is 10. The zero-order chi connectivity index (χ0) is 27.0. The standard InChI is InChI=1S/C39H35N/c1-6-16-32(17-7-1)37(33-18-8-2-9-19-33)26-30-40(39(28-29-39)36-24-14-5-15-25-36)31-27-38(34-20-10-3-11-21-34)35-22-12-4-13-23-35/h1-27H,28-31H2. The molecule has 1 fully saturated rings. The van der Waals surface area contributed by atoms with Gasteiger partial charge in [-0.25, -0.2) is 0 Å². The summed E-state index contributed by atoms with van der Waals surface area (Å²) >= 11 is 0. The highest BCUT2D eigenvalue weighted by Crippen LogP contribution is 2.51. The van der Waals surface area contributed by atoms with Crippen molar-refractivity contribution in [3.05, 3.63) is 192 Å². The predicted octanol–water partition coefficient (Wildman–Crippen LogP) is 9.24. The second-order valence-corrected chi connectivity index (χ2v) is 10.5. The van der Waals surface area contributed by atoms with Crippen molar-refractivity contribution in [2.75, 3.05) is 13.1 Å². The molecule has 0 radical (unpaired) electrons. The molecule has 40 heavy (non-hydrogen) atoms. The third-order valence-corrected chi connectivity index (χ3v) is 8.01. The van der Waals surface area contributed by atoms with Gasteiger partial charge in [0.15, 0.2) is 0 Å². The Hall–Kier alpha value is -4.46. The zero-order valence-electron chi connectivity index (χ0n) is 22.9. The second kappa shape index (κ2) is 12.2. The lowest BCUT2D eigenvalue weighted by molar-refractivity contribution is 0.220. The lowest BCUT2D eigenvalue weighted by Crippen LogP contribution is -2.36. The van der Waals surface area contributed by atoms with Crippen molar-refractivity contribution in [2.45, 2.75) is 18.4 Å². The molecular weight excluding hydrogens is 482 g/mol. The molecule has 0 spiro atoms. The first kappa shape index (κ1) is 25.8. The Morgan fingerprint density at radius 1 is 0.450 bits per heavy atom. The van der Waals surface area contributed by atoms with Gasteiger partial charge < -0.3 is 0 Å². The maximum Gasteiger partial charge on any atom is 0.0468 e. The Kier molecular flexibility index (Phi) is 7.84. The van der Waals surface area contributed by atoms with Crippen molar-refractivity contribution in [3.8, 4) is 0 Å². The van der Waals surface area contributed by atoms with Crippen molar-refractivity contribution in [1.29, 1.82) is 0 Å². The Bertz CT molecular complexity index is 1370. The first-order chi connectivity index (χ1) is 19.8. The fourth-order valence-corrected chi connectivity index (χ4v) is 5.76. The van der Waals surface area contributed by atoms with Crippen molar-refractivity contribution in [3.63, 3.8) is 0 Å². The molecule has 0 aliphatic heterocycles. The van der Waals surface area contributed by atoms with Gasteiger partial charge in [-0.3, -0.25) is 4.90 Å². The maximum absolute atomic E-state index is 2.68. The van der Waals surface area contributed by atoms with Crippen LogP contribution in [0.25, 0.3) is 11.1 Å². The molecule has 5 aromatic carbocycles. The van der Waals surface area contributed by atoms with Gasteiger partial charge in [-0.1, -0.05) is 164 Å². The molecule has 1 heteroatoms. The van der Waals surface area contributed by atoms with Crippen LogP contribution in [0, 0.1) is 0 Å². The van der Waals surface area contributed by atoms with Crippen LogP contribution in [0.1, 0.15) is 40.7 Å². The molecule has 0 heterocycles. The zero-order valence-corrected chi connectivity index (χ0v) is 22.9. The molecule has 0 unspecified atom stereocenters. The Morgan fingerprint density at radius 2 is 0.750 bits per heavy atom. The van der Waals surface area contributed by atoms with E-state index in [4.69, 9.17) is 0 Å². The third kappa shape index (κ3) is 5.76. The third-order valence-electron chi connectivity index (χ3n) is 8.01. The smallest absolute Gasteiger partial charge is 0.0468 e. The minimum Gasteiger partial charge on any atom is -0.286 e. The SMILES string of the molecule is C(CN(CC=C(c1ccccc1)c1ccccc1)C1(c2ccccc2)CC1)=C(c1ccccc1)c1ccccc1. The van der Waals surface area contributed by atoms with E-state index in [1.165, 1.54) is 51.8 Å². The first-order valence-electron chi connectivity index (χ1n) is 14.3. The molecule has 0 N–H and O–H groups in total. The van der Waals surface area contributed by atoms with Crippen molar-refractivity contribution in [2.24, 2.45) is 0 Å². The van der Waals surface area contributed by atoms with Crippen LogP contribution in [0.3, 0.4) is 0 Å². The highest BCUT2D eigenvalue weighted by Gasteiger charge is 2.48. The van der Waals surface area contributed by atoms with E-state index in [-0.39, 0.29) is 5.54 Å². The quantitative estimate of drug-likeness (QED) is 0.178. The summed E-state index contributed by atoms with van der Waals surface area (Å²) in [5.74, 6) is 0. The van der Waals surface area contributed by atoms with E-state index >= 15 is 0 Å². The van der Waals surface area contributed by atoms with Crippen LogP contribution in [-0.4, -0.2) is 18.0 Å². The average molecular weight is 518 g/mol. The summed E-state index contributed by atoms with van der Waals surface area (Å²) in [6, 6.07) is 54.2. The van der Waals surface area contributed by atoms with Gasteiger partial charge in [0.05, 0.1) is 0 Å². The van der Waals surface area contributed by atoms with Gasteiger partial charge in [-0.05, 0) is 51.8 Å². The van der Waals surface area contributed by atoms with Crippen LogP contribution in [0.5, 0.6) is 0 Å². The largest absolute Gasteiger partial charge is 0.286 e. The van der Waals surface area contributed by atoms with Crippen LogP contribution >= 0.6 is 0 Å². The molecule has 0 aromatic heterocycles. The van der Waals surface area contributed by atoms with E-state index in [0.717, 1.165) is 13.1 Å². The summed E-state index contributed by atoms with van der Waals surface area (Å²) in [5.41, 5.74) is 9.05. The van der Waals surface area contributed by atoms with Gasteiger partial charge in [0.25, 0.3) is 0 Å². The van der Waals surface area contributed by atoms with Gasteiger partial charge in [0, 0.05) is 18.6 Å². The van der Waals surface area contributed by atoms with Crippen molar-refractivity contribution >= 4 is 11.1 Å². The van der Waals surface area contributed by atoms with Crippen LogP contribution in [0.4, 0.5) is 0 Å². The van der Waals surface area contributed by atoms with Gasteiger partial charge in [0.2, 0.25) is 0 Å². The van der Waals surface area contributed by atoms with E-state index in [0.29, 0.717) is 0 Å². The summed E-state index contributed by atoms with van der Waals surface area (Å²) in [4.78, 5) is 2.68. The van der Waals surface area contributed by atoms with Crippen molar-refractivity contribution in [1.82, 2.24) is 4.90 Å². The first-order valence-corrected chi connectivity index (χ1v) is 14.3. The lowest BCUT2D eigenvalue weighted by atomic mass is 9.96. The summed E-state index contributed by atoms with van der Waals surface area (Å²) in [5, 5.41) is 0. The fraction of sp³-hybridized carbons (Fsp3) is 0.128. The molecule has 5 aromatic rings. The highest BCUT2D eigenvalue weighted by molar-refractivity contribution is 5.81. The van der Waals surface area contributed by atoms with Crippen LogP contribution < -0.4 is 0 Å². The van der Waals surface area contributed by atoms with Crippen LogP contribution in [-0.2, 0) is 5.54 Å². The molecule has 0 atom stereocenters. The summed E-state index contributed by atoms with van der Waals surface area (Å²) < 4.78 is 0. The average Bonchev–Trinajstić information content (AvgIpc) is 3.85. The summed E-state index contributed by atoms with van der Waals surface area (Å²) in [6.45, 7) is 1.72. The second-order valence-electron chi connectivity index (χ2n) is 10.5. The molecule has 6 rings (SSSR count). The molecule has 1 saturated carbocycles. The van der Waals surface area contributed by atoms with Crippen LogP contribution in [0.15, 0.2) is 164 Å². The van der Waals surface area contributed by atoms with Crippen molar-refractivity contribution < 1.29 is 0 Å². The number of benzene rings is 5. The van der Waals surface area contributed by atoms with Crippen LogP contribution in [0.2, 0.25) is 0 Å². The molecule has 1 nitrogen and oxygen atoms in total. The highest BCUT2D eigenvalue weighted by atomic mass is 15.2. The normalized spacial score (nSPS) is 13.4. The monoisotopic (exact) mass is 517 g/mol. The molecule has 0 saturated heterocycles. The van der Waals surface area contributed by atoms with E-state index in [1.807, 2.05) is 0 Å². The molecular formula is C39H35N. The van der Waals surface area contributed by atoms with E-state index in [2.05, 4.69) is 169 Å². The number of hydrogen-bond acceptors (Lipinski definition) is 1. The van der Waals surface area contributed by atoms with Gasteiger partial charge >= 0.3 is 0 Å². The topological polar surface area (TPSA) is 3.24 Å². The Labute approximate surface area is 238 Å². The number of nitrogens with zero attached hydrogens (tertiary/aromatic N) is 1. The van der Waals surface area contributed by atoms with E-state index in [9.17, 15) is 0 Å². The molecule has 0 bridgehead atoms. The minimum absolute atomic E-state index is 0.0607. The molecule has 0 amide bonds. The fourth-order valence-electron chi connectivity index (χ4n) is 5.76.